The van der Waals surface area contributed by atoms with Gasteiger partial charge < -0.3 is 20.6 Å². The third-order valence-electron chi connectivity index (χ3n) is 3.75. The van der Waals surface area contributed by atoms with Crippen molar-refractivity contribution in [1.82, 2.24) is 14.9 Å². The van der Waals surface area contributed by atoms with Gasteiger partial charge in [-0.25, -0.2) is 4.79 Å². The van der Waals surface area contributed by atoms with Gasteiger partial charge in [-0.1, -0.05) is 11.6 Å². The molecule has 0 fully saturated rings. The minimum Gasteiger partial charge on any atom is -0.325 e. The topological polar surface area (TPSA) is 110 Å². The first-order valence-corrected chi connectivity index (χ1v) is 8.53. The van der Waals surface area contributed by atoms with Crippen LogP contribution >= 0.6 is 11.6 Å². The molecule has 0 saturated carbocycles. The number of amides is 2. The molecule has 0 spiro atoms. The third-order valence-corrected chi connectivity index (χ3v) is 4.01. The van der Waals surface area contributed by atoms with Gasteiger partial charge in [0.05, 0.1) is 24.1 Å². The van der Waals surface area contributed by atoms with Crippen LogP contribution in [0.5, 0.6) is 0 Å². The summed E-state index contributed by atoms with van der Waals surface area (Å²) in [5.41, 5.74) is 2.15. The van der Waals surface area contributed by atoms with E-state index in [1.807, 2.05) is 0 Å². The fourth-order valence-electron chi connectivity index (χ4n) is 2.59. The lowest BCUT2D eigenvalue weighted by atomic mass is 10.2. The largest absolute Gasteiger partial charge is 0.325 e. The highest BCUT2D eigenvalue weighted by Gasteiger charge is 2.12. The minimum atomic E-state index is -0.306. The van der Waals surface area contributed by atoms with Gasteiger partial charge in [-0.2, -0.15) is 0 Å². The summed E-state index contributed by atoms with van der Waals surface area (Å²) in [5.74, 6) is -0.507. The maximum Gasteiger partial charge on any atom is 0.323 e. The number of rotatable bonds is 6. The van der Waals surface area contributed by atoms with Gasteiger partial charge in [-0.3, -0.25) is 14.5 Å². The number of likely N-dealkylation sites (N-methyl/N-ethyl adjacent to an activating group) is 1. The van der Waals surface area contributed by atoms with E-state index in [9.17, 15) is 14.4 Å². The molecular formula is C18H18ClN5O3. The van der Waals surface area contributed by atoms with Gasteiger partial charge in [-0.15, -0.1) is 0 Å². The zero-order chi connectivity index (χ0) is 19.4. The predicted octanol–water partition coefficient (Wildman–Crippen LogP) is 2.02. The van der Waals surface area contributed by atoms with E-state index in [0.717, 1.165) is 0 Å². The number of carbonyl (C=O) groups excluding carboxylic acids is 2. The first-order valence-electron chi connectivity index (χ1n) is 8.15. The van der Waals surface area contributed by atoms with Crippen LogP contribution in [0.1, 0.15) is 0 Å². The number of carbonyl (C=O) groups is 2. The van der Waals surface area contributed by atoms with E-state index < -0.39 is 0 Å². The van der Waals surface area contributed by atoms with Crippen molar-refractivity contribution in [3.05, 3.63) is 58.0 Å². The molecule has 0 aliphatic rings. The summed E-state index contributed by atoms with van der Waals surface area (Å²) in [6.45, 7) is 0.0932. The van der Waals surface area contributed by atoms with Crippen molar-refractivity contribution < 1.29 is 9.59 Å². The number of hydrogen-bond acceptors (Lipinski definition) is 4. The van der Waals surface area contributed by atoms with Crippen LogP contribution in [0.15, 0.2) is 47.3 Å². The maximum absolute atomic E-state index is 12.2. The normalized spacial score (nSPS) is 10.9. The Bertz CT molecular complexity index is 1030. The Kier molecular flexibility index (Phi) is 5.58. The highest BCUT2D eigenvalue weighted by Crippen LogP contribution is 2.15. The number of anilines is 2. The average Bonchev–Trinajstić information content (AvgIpc) is 2.95. The van der Waals surface area contributed by atoms with Crippen molar-refractivity contribution >= 4 is 45.8 Å². The summed E-state index contributed by atoms with van der Waals surface area (Å²) in [7, 11) is 1.67. The number of aromatic nitrogens is 2. The molecule has 27 heavy (non-hydrogen) atoms. The first kappa shape index (κ1) is 18.7. The molecule has 0 aliphatic carbocycles. The van der Waals surface area contributed by atoms with Crippen LogP contribution in [0.2, 0.25) is 5.02 Å². The molecule has 3 aromatic rings. The molecule has 0 bridgehead atoms. The molecule has 4 N–H and O–H groups in total. The van der Waals surface area contributed by atoms with Crippen molar-refractivity contribution in [2.45, 2.75) is 0 Å². The second-order valence-electron chi connectivity index (χ2n) is 6.12. The van der Waals surface area contributed by atoms with E-state index in [1.54, 1.807) is 54.4 Å². The SMILES string of the molecule is CN(CC(=O)Nc1ccc(Cl)cc1)CC(=O)Nc1ccc2[nH]c(=O)[nH]c2c1. The second kappa shape index (κ2) is 8.07. The van der Waals surface area contributed by atoms with Crippen LogP contribution in [-0.2, 0) is 9.59 Å². The van der Waals surface area contributed by atoms with Gasteiger partial charge >= 0.3 is 5.69 Å². The number of H-pyrrole nitrogens is 2. The van der Waals surface area contributed by atoms with Crippen molar-refractivity contribution in [3.8, 4) is 0 Å². The van der Waals surface area contributed by atoms with Gasteiger partial charge in [0.1, 0.15) is 0 Å². The maximum atomic E-state index is 12.2. The fourth-order valence-corrected chi connectivity index (χ4v) is 2.72. The van der Waals surface area contributed by atoms with E-state index >= 15 is 0 Å². The lowest BCUT2D eigenvalue weighted by Gasteiger charge is -2.16. The second-order valence-corrected chi connectivity index (χ2v) is 6.55. The lowest BCUT2D eigenvalue weighted by Crippen LogP contribution is -2.36. The molecule has 140 valence electrons. The van der Waals surface area contributed by atoms with E-state index in [1.165, 1.54) is 0 Å². The fraction of sp³-hybridized carbons (Fsp3) is 0.167. The number of imidazole rings is 1. The van der Waals surface area contributed by atoms with Crippen LogP contribution in [0.25, 0.3) is 11.0 Å². The number of nitrogens with zero attached hydrogens (tertiary/aromatic N) is 1. The van der Waals surface area contributed by atoms with Crippen LogP contribution in [0, 0.1) is 0 Å². The molecule has 2 aromatic carbocycles. The standard InChI is InChI=1S/C18H18ClN5O3/c1-24(9-16(25)20-12-4-2-11(19)3-5-12)10-17(26)21-13-6-7-14-15(8-13)23-18(27)22-14/h2-8H,9-10H2,1H3,(H,20,25)(H,21,26)(H2,22,23,27). The Hall–Kier alpha value is -3.10. The molecule has 0 atom stereocenters. The number of hydrogen-bond donors (Lipinski definition) is 4. The van der Waals surface area contributed by atoms with Gasteiger partial charge in [0.15, 0.2) is 0 Å². The zero-order valence-electron chi connectivity index (χ0n) is 14.5. The van der Waals surface area contributed by atoms with Crippen molar-refractivity contribution in [3.63, 3.8) is 0 Å². The predicted molar refractivity (Wildman–Crippen MR) is 105 cm³/mol. The van der Waals surface area contributed by atoms with E-state index in [4.69, 9.17) is 11.6 Å². The molecule has 8 nitrogen and oxygen atoms in total. The van der Waals surface area contributed by atoms with Crippen LogP contribution in [-0.4, -0.2) is 46.8 Å². The number of fused-ring (bicyclic) bond motifs is 1. The monoisotopic (exact) mass is 387 g/mol. The lowest BCUT2D eigenvalue weighted by molar-refractivity contribution is -0.119. The summed E-state index contributed by atoms with van der Waals surface area (Å²) in [5, 5.41) is 6.06. The molecular weight excluding hydrogens is 370 g/mol. The Morgan fingerprint density at radius 3 is 2.15 bits per heavy atom. The Labute approximate surface area is 159 Å². The first-order chi connectivity index (χ1) is 12.9. The number of nitrogens with one attached hydrogen (secondary N) is 4. The number of benzene rings is 2. The van der Waals surface area contributed by atoms with E-state index in [-0.39, 0.29) is 30.6 Å². The van der Waals surface area contributed by atoms with Gasteiger partial charge in [0.25, 0.3) is 0 Å². The average molecular weight is 388 g/mol. The van der Waals surface area contributed by atoms with Gasteiger partial charge in [0.2, 0.25) is 11.8 Å². The molecule has 1 heterocycles. The quantitative estimate of drug-likeness (QED) is 0.518. The van der Waals surface area contributed by atoms with E-state index in [0.29, 0.717) is 27.4 Å². The van der Waals surface area contributed by atoms with Gasteiger partial charge in [-0.05, 0) is 49.5 Å². The van der Waals surface area contributed by atoms with Gasteiger partial charge in [0, 0.05) is 16.4 Å². The molecule has 0 aliphatic heterocycles. The molecule has 0 saturated heterocycles. The number of aromatic amines is 2. The molecule has 0 radical (unpaired) electrons. The molecule has 1 aromatic heterocycles. The van der Waals surface area contributed by atoms with Crippen LogP contribution < -0.4 is 16.3 Å². The minimum absolute atomic E-state index is 0.0374. The van der Waals surface area contributed by atoms with Crippen molar-refractivity contribution in [2.75, 3.05) is 30.8 Å². The smallest absolute Gasteiger partial charge is 0.323 e. The van der Waals surface area contributed by atoms with Crippen molar-refractivity contribution in [1.29, 1.82) is 0 Å². The zero-order valence-corrected chi connectivity index (χ0v) is 15.3. The highest BCUT2D eigenvalue weighted by molar-refractivity contribution is 6.30. The third kappa shape index (κ3) is 5.19. The summed E-state index contributed by atoms with van der Waals surface area (Å²) >= 11 is 5.81. The molecule has 0 unspecified atom stereocenters. The summed E-state index contributed by atoms with van der Waals surface area (Å²) < 4.78 is 0. The molecule has 3 rings (SSSR count). The van der Waals surface area contributed by atoms with Crippen molar-refractivity contribution in [2.24, 2.45) is 0 Å². The number of halogens is 1. The Balaban J connectivity index is 1.50. The summed E-state index contributed by atoms with van der Waals surface area (Å²) in [6, 6.07) is 11.8. The Morgan fingerprint density at radius 2 is 1.48 bits per heavy atom. The Morgan fingerprint density at radius 1 is 0.926 bits per heavy atom. The summed E-state index contributed by atoms with van der Waals surface area (Å²) in [6.07, 6.45) is 0. The highest BCUT2D eigenvalue weighted by atomic mass is 35.5. The summed E-state index contributed by atoms with van der Waals surface area (Å²) in [4.78, 5) is 42.3. The molecule has 9 heteroatoms. The van der Waals surface area contributed by atoms with Crippen LogP contribution in [0.3, 0.4) is 0 Å². The van der Waals surface area contributed by atoms with E-state index in [2.05, 4.69) is 20.6 Å². The molecule has 2 amide bonds. The van der Waals surface area contributed by atoms with Crippen LogP contribution in [0.4, 0.5) is 11.4 Å².